The van der Waals surface area contributed by atoms with Gasteiger partial charge in [-0.1, -0.05) is 72.5 Å². The molecule has 0 aromatic heterocycles. The molecule has 0 saturated carbocycles. The van der Waals surface area contributed by atoms with Crippen LogP contribution >= 0.6 is 12.6 Å². The summed E-state index contributed by atoms with van der Waals surface area (Å²) in [6, 6.07) is 27.8. The zero-order valence-electron chi connectivity index (χ0n) is 14.6. The number of rotatable bonds is 3. The molecule has 0 saturated heterocycles. The van der Waals surface area contributed by atoms with Gasteiger partial charge >= 0.3 is 0 Å². The van der Waals surface area contributed by atoms with Gasteiger partial charge in [0.15, 0.2) is 0 Å². The number of aryl methyl sites for hydroxylation is 1. The number of fused-ring (bicyclic) bond motifs is 2. The molecule has 0 aliphatic rings. The maximum absolute atomic E-state index is 4.28. The molecule has 0 aliphatic heterocycles. The van der Waals surface area contributed by atoms with Gasteiger partial charge in [-0.25, -0.2) is 0 Å². The lowest BCUT2D eigenvalue weighted by Crippen LogP contribution is -1.87. The van der Waals surface area contributed by atoms with Crippen LogP contribution in [-0.4, -0.2) is 5.75 Å². The van der Waals surface area contributed by atoms with Crippen LogP contribution in [0.2, 0.25) is 0 Å². The molecule has 0 N–H and O–H groups in total. The summed E-state index contributed by atoms with van der Waals surface area (Å²) in [6.07, 6.45) is 2.18. The fourth-order valence-electron chi connectivity index (χ4n) is 3.32. The smallest absolute Gasteiger partial charge is 0.0405 e. The molecule has 1 heteroatoms. The van der Waals surface area contributed by atoms with E-state index in [1.165, 1.54) is 27.1 Å². The van der Waals surface area contributed by atoms with Crippen LogP contribution in [-0.2, 0) is 6.42 Å². The number of benzene rings is 4. The van der Waals surface area contributed by atoms with Crippen LogP contribution in [0.25, 0.3) is 21.5 Å². The molecule has 0 atom stereocenters. The second-order valence-corrected chi connectivity index (χ2v) is 6.92. The van der Waals surface area contributed by atoms with Crippen LogP contribution in [0.15, 0.2) is 78.9 Å². The zero-order chi connectivity index (χ0) is 17.8. The Hall–Kier alpha value is -2.69. The number of thiol groups is 1. The largest absolute Gasteiger partial charge is 0.179 e. The Morgan fingerprint density at radius 1 is 0.692 bits per heavy atom. The molecule has 0 aliphatic carbocycles. The first kappa shape index (κ1) is 16.8. The highest BCUT2D eigenvalue weighted by molar-refractivity contribution is 7.80. The first-order valence-electron chi connectivity index (χ1n) is 8.97. The third-order valence-electron chi connectivity index (χ3n) is 4.68. The average Bonchev–Trinajstić information content (AvgIpc) is 2.70. The van der Waals surface area contributed by atoms with E-state index in [0.29, 0.717) is 0 Å². The summed E-state index contributed by atoms with van der Waals surface area (Å²) in [5.74, 6) is 7.74. The molecular weight excluding hydrogens is 332 g/mol. The van der Waals surface area contributed by atoms with E-state index in [4.69, 9.17) is 0 Å². The van der Waals surface area contributed by atoms with Crippen molar-refractivity contribution < 1.29 is 0 Å². The average molecular weight is 353 g/mol. The van der Waals surface area contributed by atoms with Crippen molar-refractivity contribution in [2.24, 2.45) is 0 Å². The molecule has 0 bridgehead atoms. The van der Waals surface area contributed by atoms with Gasteiger partial charge in [-0.15, -0.1) is 0 Å². The van der Waals surface area contributed by atoms with Gasteiger partial charge in [0.25, 0.3) is 0 Å². The Bertz CT molecular complexity index is 1060. The van der Waals surface area contributed by atoms with E-state index in [-0.39, 0.29) is 0 Å². The van der Waals surface area contributed by atoms with Crippen LogP contribution < -0.4 is 0 Å². The van der Waals surface area contributed by atoms with E-state index in [9.17, 15) is 0 Å². The highest BCUT2D eigenvalue weighted by Crippen LogP contribution is 2.27. The second kappa shape index (κ2) is 7.68. The van der Waals surface area contributed by atoms with Crippen LogP contribution in [0.3, 0.4) is 0 Å². The van der Waals surface area contributed by atoms with E-state index >= 15 is 0 Å². The van der Waals surface area contributed by atoms with Crippen LogP contribution in [0.1, 0.15) is 23.1 Å². The Labute approximate surface area is 160 Å². The highest BCUT2D eigenvalue weighted by Gasteiger charge is 2.04. The van der Waals surface area contributed by atoms with E-state index in [0.717, 1.165) is 29.7 Å². The Morgan fingerprint density at radius 3 is 1.92 bits per heavy atom. The second-order valence-electron chi connectivity index (χ2n) is 6.47. The van der Waals surface area contributed by atoms with Gasteiger partial charge in [0.05, 0.1) is 0 Å². The normalized spacial score (nSPS) is 10.7. The van der Waals surface area contributed by atoms with Crippen LogP contribution in [0.4, 0.5) is 0 Å². The number of hydrogen-bond donors (Lipinski definition) is 1. The highest BCUT2D eigenvalue weighted by atomic mass is 32.1. The maximum atomic E-state index is 4.28. The van der Waals surface area contributed by atoms with Crippen molar-refractivity contribution in [3.8, 4) is 11.8 Å². The Kier molecular flexibility index (Phi) is 4.95. The molecule has 0 radical (unpaired) electrons. The Morgan fingerprint density at radius 2 is 1.31 bits per heavy atom. The third kappa shape index (κ3) is 3.47. The van der Waals surface area contributed by atoms with E-state index in [2.05, 4.69) is 103 Å². The summed E-state index contributed by atoms with van der Waals surface area (Å²) in [6.45, 7) is 0. The molecule has 126 valence electrons. The van der Waals surface area contributed by atoms with E-state index in [1.807, 2.05) is 0 Å². The van der Waals surface area contributed by atoms with Gasteiger partial charge in [0.2, 0.25) is 0 Å². The van der Waals surface area contributed by atoms with Crippen molar-refractivity contribution in [3.63, 3.8) is 0 Å². The predicted octanol–water partition coefficient (Wildman–Crippen LogP) is 6.26. The lowest BCUT2D eigenvalue weighted by molar-refractivity contribution is 0.936. The lowest BCUT2D eigenvalue weighted by atomic mass is 9.97. The molecule has 4 rings (SSSR count). The van der Waals surface area contributed by atoms with Crippen LogP contribution in [0, 0.1) is 11.8 Å². The standard InChI is InChI=1S/C25H20S/c26-17-5-6-19-11-13-20(14-12-19)15-16-25-23-9-3-1-7-21(23)18-22-8-2-4-10-24(22)25/h1-4,7-14,18,26H,5-6,17H2. The monoisotopic (exact) mass is 352 g/mol. The van der Waals surface area contributed by atoms with Crippen molar-refractivity contribution >= 4 is 34.2 Å². The SMILES string of the molecule is SCCCc1ccc(C#Cc2c3ccccc3cc3ccccc23)cc1. The molecule has 4 aromatic rings. The zero-order valence-corrected chi connectivity index (χ0v) is 15.5. The molecule has 26 heavy (non-hydrogen) atoms. The fraction of sp³-hybridized carbons (Fsp3) is 0.120. The van der Waals surface area contributed by atoms with Crippen molar-refractivity contribution in [2.75, 3.05) is 5.75 Å². The Balaban J connectivity index is 1.78. The summed E-state index contributed by atoms with van der Waals surface area (Å²) >= 11 is 4.28. The summed E-state index contributed by atoms with van der Waals surface area (Å²) < 4.78 is 0. The maximum Gasteiger partial charge on any atom is 0.0405 e. The van der Waals surface area contributed by atoms with Crippen molar-refractivity contribution in [1.29, 1.82) is 0 Å². The van der Waals surface area contributed by atoms with Gasteiger partial charge in [0.1, 0.15) is 0 Å². The van der Waals surface area contributed by atoms with Crippen LogP contribution in [0.5, 0.6) is 0 Å². The first-order valence-corrected chi connectivity index (χ1v) is 9.61. The molecular formula is C25H20S. The predicted molar refractivity (Wildman–Crippen MR) is 116 cm³/mol. The van der Waals surface area contributed by atoms with Gasteiger partial charge in [-0.2, -0.15) is 12.6 Å². The first-order chi connectivity index (χ1) is 12.8. The lowest BCUT2D eigenvalue weighted by Gasteiger charge is -2.06. The van der Waals surface area contributed by atoms with E-state index < -0.39 is 0 Å². The topological polar surface area (TPSA) is 0 Å². The van der Waals surface area contributed by atoms with Crippen molar-refractivity contribution in [3.05, 3.63) is 95.6 Å². The number of hydrogen-bond acceptors (Lipinski definition) is 1. The fourth-order valence-corrected chi connectivity index (χ4v) is 3.48. The minimum Gasteiger partial charge on any atom is -0.179 e. The summed E-state index contributed by atoms with van der Waals surface area (Å²) in [5.41, 5.74) is 3.51. The van der Waals surface area contributed by atoms with Gasteiger partial charge in [0, 0.05) is 11.1 Å². The molecule has 0 heterocycles. The van der Waals surface area contributed by atoms with Gasteiger partial charge in [-0.05, 0) is 63.9 Å². The van der Waals surface area contributed by atoms with Crippen molar-refractivity contribution in [1.82, 2.24) is 0 Å². The van der Waals surface area contributed by atoms with Crippen molar-refractivity contribution in [2.45, 2.75) is 12.8 Å². The molecule has 0 unspecified atom stereocenters. The van der Waals surface area contributed by atoms with Gasteiger partial charge < -0.3 is 0 Å². The molecule has 0 fully saturated rings. The third-order valence-corrected chi connectivity index (χ3v) is 5.00. The molecule has 0 amide bonds. The summed E-state index contributed by atoms with van der Waals surface area (Å²) in [4.78, 5) is 0. The minimum atomic E-state index is 0.926. The molecule has 0 spiro atoms. The summed E-state index contributed by atoms with van der Waals surface area (Å²) in [5, 5.41) is 4.89. The molecule has 4 aromatic carbocycles. The minimum absolute atomic E-state index is 0.926. The molecule has 0 nitrogen and oxygen atoms in total. The van der Waals surface area contributed by atoms with Gasteiger partial charge in [-0.3, -0.25) is 0 Å². The summed E-state index contributed by atoms with van der Waals surface area (Å²) in [7, 11) is 0. The quantitative estimate of drug-likeness (QED) is 0.251. The van der Waals surface area contributed by atoms with E-state index in [1.54, 1.807) is 0 Å².